The lowest BCUT2D eigenvalue weighted by Gasteiger charge is -2.30. The fourth-order valence-corrected chi connectivity index (χ4v) is 2.88. The molecular formula is C17H18BrN3O2. The minimum Gasteiger partial charge on any atom is -0.439 e. The number of nitrogens with two attached hydrogens (primary N) is 1. The molecule has 1 aliphatic heterocycles. The maximum Gasteiger partial charge on any atom is 0.255 e. The number of benzene rings is 1. The Morgan fingerprint density at radius 3 is 2.70 bits per heavy atom. The molecular weight excluding hydrogens is 358 g/mol. The van der Waals surface area contributed by atoms with Crippen molar-refractivity contribution in [1.29, 1.82) is 0 Å². The number of piperidine rings is 1. The SMILES string of the molecule is NC1CCN(C(=O)c2ccc(Oc3cccc(Br)c3)nc2)CC1. The fourth-order valence-electron chi connectivity index (χ4n) is 2.50. The molecule has 0 unspecified atom stereocenters. The van der Waals surface area contributed by atoms with E-state index in [1.54, 1.807) is 18.3 Å². The van der Waals surface area contributed by atoms with Crippen molar-refractivity contribution >= 4 is 21.8 Å². The summed E-state index contributed by atoms with van der Waals surface area (Å²) >= 11 is 3.39. The van der Waals surface area contributed by atoms with Gasteiger partial charge in [0.15, 0.2) is 0 Å². The Morgan fingerprint density at radius 2 is 2.04 bits per heavy atom. The van der Waals surface area contributed by atoms with Gasteiger partial charge in [-0.3, -0.25) is 4.79 Å². The summed E-state index contributed by atoms with van der Waals surface area (Å²) in [5.41, 5.74) is 6.44. The third-order valence-corrected chi connectivity index (χ3v) is 4.32. The van der Waals surface area contributed by atoms with Crippen LogP contribution in [0.15, 0.2) is 47.1 Å². The predicted molar refractivity (Wildman–Crippen MR) is 91.6 cm³/mol. The molecule has 1 aromatic carbocycles. The summed E-state index contributed by atoms with van der Waals surface area (Å²) in [7, 11) is 0. The predicted octanol–water partition coefficient (Wildman–Crippen LogP) is 3.20. The van der Waals surface area contributed by atoms with Crippen molar-refractivity contribution in [3.8, 4) is 11.6 Å². The number of hydrogen-bond acceptors (Lipinski definition) is 4. The first kappa shape index (κ1) is 16.0. The lowest BCUT2D eigenvalue weighted by atomic mass is 10.1. The Kier molecular flexibility index (Phi) is 4.93. The van der Waals surface area contributed by atoms with E-state index in [0.29, 0.717) is 30.3 Å². The van der Waals surface area contributed by atoms with Crippen molar-refractivity contribution in [3.63, 3.8) is 0 Å². The molecule has 1 fully saturated rings. The second-order valence-corrected chi connectivity index (χ2v) is 6.49. The second kappa shape index (κ2) is 7.10. The number of amides is 1. The summed E-state index contributed by atoms with van der Waals surface area (Å²) in [5.74, 6) is 1.15. The molecule has 1 aromatic heterocycles. The van der Waals surface area contributed by atoms with Crippen LogP contribution in [0.1, 0.15) is 23.2 Å². The summed E-state index contributed by atoms with van der Waals surface area (Å²) in [6.45, 7) is 1.41. The molecule has 2 heterocycles. The van der Waals surface area contributed by atoms with E-state index in [2.05, 4.69) is 20.9 Å². The molecule has 6 heteroatoms. The first-order valence-electron chi connectivity index (χ1n) is 7.56. The lowest BCUT2D eigenvalue weighted by molar-refractivity contribution is 0.0714. The van der Waals surface area contributed by atoms with Crippen LogP contribution in [-0.2, 0) is 0 Å². The second-order valence-electron chi connectivity index (χ2n) is 5.57. The summed E-state index contributed by atoms with van der Waals surface area (Å²) in [4.78, 5) is 18.5. The number of aromatic nitrogens is 1. The highest BCUT2D eigenvalue weighted by molar-refractivity contribution is 9.10. The Bertz CT molecular complexity index is 682. The Balaban J connectivity index is 1.66. The van der Waals surface area contributed by atoms with Gasteiger partial charge in [-0.05, 0) is 37.1 Å². The highest BCUT2D eigenvalue weighted by atomic mass is 79.9. The van der Waals surface area contributed by atoms with Crippen LogP contribution in [0.3, 0.4) is 0 Å². The molecule has 0 saturated carbocycles. The molecule has 1 aliphatic rings. The maximum atomic E-state index is 12.4. The fraction of sp³-hybridized carbons (Fsp3) is 0.294. The molecule has 0 radical (unpaired) electrons. The summed E-state index contributed by atoms with van der Waals surface area (Å²) in [5, 5.41) is 0. The number of ether oxygens (including phenoxy) is 1. The Labute approximate surface area is 143 Å². The van der Waals surface area contributed by atoms with Crippen molar-refractivity contribution < 1.29 is 9.53 Å². The number of likely N-dealkylation sites (tertiary alicyclic amines) is 1. The van der Waals surface area contributed by atoms with E-state index in [4.69, 9.17) is 10.5 Å². The Hall–Kier alpha value is -1.92. The molecule has 2 aromatic rings. The number of rotatable bonds is 3. The van der Waals surface area contributed by atoms with Gasteiger partial charge in [-0.1, -0.05) is 22.0 Å². The average Bonchev–Trinajstić information content (AvgIpc) is 2.56. The van der Waals surface area contributed by atoms with Gasteiger partial charge in [-0.15, -0.1) is 0 Å². The molecule has 1 amide bonds. The normalized spacial score (nSPS) is 15.5. The molecule has 2 N–H and O–H groups in total. The van der Waals surface area contributed by atoms with E-state index in [1.807, 2.05) is 29.2 Å². The van der Waals surface area contributed by atoms with Crippen molar-refractivity contribution in [3.05, 3.63) is 52.6 Å². The van der Waals surface area contributed by atoms with Crippen LogP contribution in [0.2, 0.25) is 0 Å². The van der Waals surface area contributed by atoms with Crippen LogP contribution in [0, 0.1) is 0 Å². The van der Waals surface area contributed by atoms with Gasteiger partial charge in [0.1, 0.15) is 5.75 Å². The molecule has 23 heavy (non-hydrogen) atoms. The van der Waals surface area contributed by atoms with Crippen molar-refractivity contribution in [2.45, 2.75) is 18.9 Å². The van der Waals surface area contributed by atoms with Crippen molar-refractivity contribution in [2.24, 2.45) is 5.73 Å². The summed E-state index contributed by atoms with van der Waals surface area (Å²) < 4.78 is 6.61. The highest BCUT2D eigenvalue weighted by Gasteiger charge is 2.21. The first-order valence-corrected chi connectivity index (χ1v) is 8.35. The molecule has 5 nitrogen and oxygen atoms in total. The molecule has 0 bridgehead atoms. The van der Waals surface area contributed by atoms with E-state index in [1.165, 1.54) is 0 Å². The Morgan fingerprint density at radius 1 is 1.26 bits per heavy atom. The van der Waals surface area contributed by atoms with Crippen LogP contribution in [0.25, 0.3) is 0 Å². The first-order chi connectivity index (χ1) is 11.1. The van der Waals surface area contributed by atoms with Gasteiger partial charge >= 0.3 is 0 Å². The van der Waals surface area contributed by atoms with E-state index >= 15 is 0 Å². The van der Waals surface area contributed by atoms with Gasteiger partial charge in [-0.25, -0.2) is 4.98 Å². The number of pyridine rings is 1. The zero-order valence-electron chi connectivity index (χ0n) is 12.6. The van der Waals surface area contributed by atoms with E-state index < -0.39 is 0 Å². The molecule has 0 aliphatic carbocycles. The van der Waals surface area contributed by atoms with Crippen LogP contribution in [0.4, 0.5) is 0 Å². The van der Waals surface area contributed by atoms with Gasteiger partial charge in [0.25, 0.3) is 5.91 Å². The molecule has 0 atom stereocenters. The van der Waals surface area contributed by atoms with E-state index in [9.17, 15) is 4.79 Å². The number of carbonyl (C=O) groups is 1. The zero-order valence-corrected chi connectivity index (χ0v) is 14.2. The smallest absolute Gasteiger partial charge is 0.255 e. The minimum absolute atomic E-state index is 0.00148. The molecule has 0 spiro atoms. The van der Waals surface area contributed by atoms with Gasteiger partial charge in [0.05, 0.1) is 5.56 Å². The average molecular weight is 376 g/mol. The largest absolute Gasteiger partial charge is 0.439 e. The van der Waals surface area contributed by atoms with Gasteiger partial charge in [0, 0.05) is 35.9 Å². The highest BCUT2D eigenvalue weighted by Crippen LogP contribution is 2.23. The third kappa shape index (κ3) is 4.09. The summed E-state index contributed by atoms with van der Waals surface area (Å²) in [6.07, 6.45) is 3.26. The van der Waals surface area contributed by atoms with E-state index in [-0.39, 0.29) is 11.9 Å². The molecule has 1 saturated heterocycles. The van der Waals surface area contributed by atoms with Gasteiger partial charge in [0.2, 0.25) is 5.88 Å². The number of carbonyl (C=O) groups excluding carboxylic acids is 1. The maximum absolute atomic E-state index is 12.4. The topological polar surface area (TPSA) is 68.5 Å². The van der Waals surface area contributed by atoms with Crippen molar-refractivity contribution in [2.75, 3.05) is 13.1 Å². The molecule has 3 rings (SSSR count). The monoisotopic (exact) mass is 375 g/mol. The zero-order chi connectivity index (χ0) is 16.2. The van der Waals surface area contributed by atoms with Crippen molar-refractivity contribution in [1.82, 2.24) is 9.88 Å². The molecule has 120 valence electrons. The van der Waals surface area contributed by atoms with Crippen LogP contribution >= 0.6 is 15.9 Å². The van der Waals surface area contributed by atoms with E-state index in [0.717, 1.165) is 17.3 Å². The van der Waals surface area contributed by atoms with Crippen LogP contribution < -0.4 is 10.5 Å². The number of nitrogens with zero attached hydrogens (tertiary/aromatic N) is 2. The standard InChI is InChI=1S/C17H18BrN3O2/c18-13-2-1-3-15(10-13)23-16-5-4-12(11-20-16)17(22)21-8-6-14(19)7-9-21/h1-5,10-11,14H,6-9,19H2. The van der Waals surface area contributed by atoms with Crippen LogP contribution in [0.5, 0.6) is 11.6 Å². The number of halogens is 1. The van der Waals surface area contributed by atoms with Crippen LogP contribution in [-0.4, -0.2) is 34.9 Å². The lowest BCUT2D eigenvalue weighted by Crippen LogP contribution is -2.42. The van der Waals surface area contributed by atoms with Gasteiger partial charge < -0.3 is 15.4 Å². The minimum atomic E-state index is -0.00148. The number of hydrogen-bond donors (Lipinski definition) is 1. The van der Waals surface area contributed by atoms with Gasteiger partial charge in [-0.2, -0.15) is 0 Å². The summed E-state index contributed by atoms with van der Waals surface area (Å²) in [6, 6.07) is 11.2. The third-order valence-electron chi connectivity index (χ3n) is 3.83. The quantitative estimate of drug-likeness (QED) is 0.893.